The van der Waals surface area contributed by atoms with E-state index in [0.29, 0.717) is 12.6 Å². The molecule has 0 bridgehead atoms. The lowest BCUT2D eigenvalue weighted by atomic mass is 10.1. The zero-order chi connectivity index (χ0) is 16.0. The number of ether oxygens (including phenoxy) is 1. The maximum atomic E-state index is 6.17. The summed E-state index contributed by atoms with van der Waals surface area (Å²) in [5.41, 5.74) is 1.16. The largest absolute Gasteiger partial charge is 0.490 e. The van der Waals surface area contributed by atoms with E-state index in [0.717, 1.165) is 11.7 Å². The van der Waals surface area contributed by atoms with E-state index in [2.05, 4.69) is 54.6 Å². The van der Waals surface area contributed by atoms with E-state index >= 15 is 0 Å². The lowest BCUT2D eigenvalue weighted by Gasteiger charge is -2.24. The van der Waals surface area contributed by atoms with Crippen molar-refractivity contribution in [3.63, 3.8) is 0 Å². The van der Waals surface area contributed by atoms with Crippen LogP contribution in [-0.4, -0.2) is 24.7 Å². The summed E-state index contributed by atoms with van der Waals surface area (Å²) in [6.07, 6.45) is 5.30. The van der Waals surface area contributed by atoms with Crippen LogP contribution in [0.1, 0.15) is 52.0 Å². The van der Waals surface area contributed by atoms with Crippen molar-refractivity contribution in [2.45, 2.75) is 64.6 Å². The van der Waals surface area contributed by atoms with Crippen LogP contribution < -0.4 is 15.4 Å². The molecular weight excluding hydrogens is 274 g/mol. The normalized spacial score (nSPS) is 16.6. The summed E-state index contributed by atoms with van der Waals surface area (Å²) >= 11 is 0. The first-order valence-electron chi connectivity index (χ1n) is 8.21. The van der Waals surface area contributed by atoms with Crippen LogP contribution in [0.3, 0.4) is 0 Å². The molecule has 0 saturated heterocycles. The Morgan fingerprint density at radius 3 is 2.55 bits per heavy atom. The minimum Gasteiger partial charge on any atom is -0.490 e. The highest BCUT2D eigenvalue weighted by Crippen LogP contribution is 2.26. The molecule has 2 rings (SSSR count). The maximum Gasteiger partial charge on any atom is 0.191 e. The van der Waals surface area contributed by atoms with E-state index in [1.54, 1.807) is 7.05 Å². The van der Waals surface area contributed by atoms with Crippen LogP contribution in [0.4, 0.5) is 0 Å². The minimum absolute atomic E-state index is 0.0122. The van der Waals surface area contributed by atoms with Gasteiger partial charge in [-0.25, -0.2) is 0 Å². The number of guanidine groups is 1. The molecule has 0 atom stereocenters. The molecule has 0 radical (unpaired) electrons. The molecule has 22 heavy (non-hydrogen) atoms. The van der Waals surface area contributed by atoms with Gasteiger partial charge in [-0.15, -0.1) is 0 Å². The van der Waals surface area contributed by atoms with Gasteiger partial charge in [-0.1, -0.05) is 18.2 Å². The van der Waals surface area contributed by atoms with Gasteiger partial charge in [0, 0.05) is 24.7 Å². The minimum atomic E-state index is -0.0122. The highest BCUT2D eigenvalue weighted by molar-refractivity contribution is 5.80. The van der Waals surface area contributed by atoms with Crippen LogP contribution in [0, 0.1) is 0 Å². The Bertz CT molecular complexity index is 499. The Hall–Kier alpha value is -1.71. The number of hydrogen-bond donors (Lipinski definition) is 2. The van der Waals surface area contributed by atoms with Crippen molar-refractivity contribution in [1.82, 2.24) is 10.6 Å². The number of rotatable bonds is 4. The van der Waals surface area contributed by atoms with E-state index in [4.69, 9.17) is 4.74 Å². The predicted octanol–water partition coefficient (Wildman–Crippen LogP) is 3.47. The molecule has 0 aliphatic heterocycles. The Morgan fingerprint density at radius 2 is 1.91 bits per heavy atom. The van der Waals surface area contributed by atoms with Gasteiger partial charge in [-0.3, -0.25) is 4.99 Å². The van der Waals surface area contributed by atoms with Gasteiger partial charge in [0.2, 0.25) is 0 Å². The summed E-state index contributed by atoms with van der Waals surface area (Å²) in [6.45, 7) is 7.07. The third-order valence-electron chi connectivity index (χ3n) is 3.73. The standard InChI is InChI=1S/C18H29N3O/c1-18(2,3)21-17(19-4)20-13-14-9-5-8-12-16(14)22-15-10-6-7-11-15/h5,8-9,12,15H,6-7,10-11,13H2,1-4H3,(H2,19,20,21). The van der Waals surface area contributed by atoms with E-state index in [-0.39, 0.29) is 5.54 Å². The first kappa shape index (κ1) is 16.7. The molecule has 4 nitrogen and oxygen atoms in total. The lowest BCUT2D eigenvalue weighted by molar-refractivity contribution is 0.208. The summed E-state index contributed by atoms with van der Waals surface area (Å²) in [6, 6.07) is 8.27. The molecule has 4 heteroatoms. The Kier molecular flexibility index (Phi) is 5.69. The third-order valence-corrected chi connectivity index (χ3v) is 3.73. The van der Waals surface area contributed by atoms with E-state index < -0.39 is 0 Å². The van der Waals surface area contributed by atoms with Crippen LogP contribution in [0.15, 0.2) is 29.3 Å². The Morgan fingerprint density at radius 1 is 1.23 bits per heavy atom. The van der Waals surface area contributed by atoms with Crippen molar-refractivity contribution < 1.29 is 4.74 Å². The van der Waals surface area contributed by atoms with Gasteiger partial charge in [-0.05, 0) is 52.5 Å². The zero-order valence-electron chi connectivity index (χ0n) is 14.3. The van der Waals surface area contributed by atoms with Crippen LogP contribution in [0.5, 0.6) is 5.75 Å². The van der Waals surface area contributed by atoms with Gasteiger partial charge < -0.3 is 15.4 Å². The van der Waals surface area contributed by atoms with Gasteiger partial charge in [0.1, 0.15) is 5.75 Å². The average Bonchev–Trinajstić information content (AvgIpc) is 2.96. The maximum absolute atomic E-state index is 6.17. The van der Waals surface area contributed by atoms with Crippen molar-refractivity contribution in [2.75, 3.05) is 7.05 Å². The fourth-order valence-electron chi connectivity index (χ4n) is 2.66. The smallest absolute Gasteiger partial charge is 0.191 e. The summed E-state index contributed by atoms with van der Waals surface area (Å²) in [5, 5.41) is 6.73. The molecule has 122 valence electrons. The topological polar surface area (TPSA) is 45.7 Å². The predicted molar refractivity (Wildman–Crippen MR) is 92.4 cm³/mol. The van der Waals surface area contributed by atoms with Crippen molar-refractivity contribution in [3.8, 4) is 5.75 Å². The van der Waals surface area contributed by atoms with Crippen molar-refractivity contribution >= 4 is 5.96 Å². The van der Waals surface area contributed by atoms with E-state index in [1.165, 1.54) is 31.2 Å². The second-order valence-electron chi connectivity index (χ2n) is 6.93. The SMILES string of the molecule is CN=C(NCc1ccccc1OC1CCCC1)NC(C)(C)C. The van der Waals surface area contributed by atoms with Crippen LogP contribution in [0.25, 0.3) is 0 Å². The van der Waals surface area contributed by atoms with Crippen molar-refractivity contribution in [2.24, 2.45) is 4.99 Å². The first-order chi connectivity index (χ1) is 10.5. The summed E-state index contributed by atoms with van der Waals surface area (Å²) in [7, 11) is 1.79. The molecular formula is C18H29N3O. The Labute approximate surface area is 134 Å². The van der Waals surface area contributed by atoms with Crippen molar-refractivity contribution in [1.29, 1.82) is 0 Å². The van der Waals surface area contributed by atoms with Crippen LogP contribution >= 0.6 is 0 Å². The molecule has 0 aromatic heterocycles. The van der Waals surface area contributed by atoms with Gasteiger partial charge in [0.05, 0.1) is 6.10 Å². The highest BCUT2D eigenvalue weighted by atomic mass is 16.5. The third kappa shape index (κ3) is 5.24. The van der Waals surface area contributed by atoms with Crippen LogP contribution in [-0.2, 0) is 6.54 Å². The number of nitrogens with zero attached hydrogens (tertiary/aromatic N) is 1. The molecule has 1 aromatic rings. The Balaban J connectivity index is 1.97. The second-order valence-corrected chi connectivity index (χ2v) is 6.93. The molecule has 1 fully saturated rings. The summed E-state index contributed by atoms with van der Waals surface area (Å²) in [4.78, 5) is 4.28. The quantitative estimate of drug-likeness (QED) is 0.661. The number of hydrogen-bond acceptors (Lipinski definition) is 2. The van der Waals surface area contributed by atoms with Crippen LogP contribution in [0.2, 0.25) is 0 Å². The fraction of sp³-hybridized carbons (Fsp3) is 0.611. The first-order valence-corrected chi connectivity index (χ1v) is 8.21. The zero-order valence-corrected chi connectivity index (χ0v) is 14.3. The molecule has 0 heterocycles. The molecule has 1 aliphatic rings. The molecule has 0 spiro atoms. The molecule has 1 aromatic carbocycles. The molecule has 1 saturated carbocycles. The average molecular weight is 303 g/mol. The molecule has 0 unspecified atom stereocenters. The van der Waals surface area contributed by atoms with Gasteiger partial charge in [-0.2, -0.15) is 0 Å². The fourth-order valence-corrected chi connectivity index (χ4v) is 2.66. The van der Waals surface area contributed by atoms with E-state index in [9.17, 15) is 0 Å². The van der Waals surface area contributed by atoms with E-state index in [1.807, 2.05) is 6.07 Å². The lowest BCUT2D eigenvalue weighted by Crippen LogP contribution is -2.47. The second kappa shape index (κ2) is 7.52. The van der Waals surface area contributed by atoms with Gasteiger partial charge >= 0.3 is 0 Å². The number of aliphatic imine (C=N–C) groups is 1. The number of benzene rings is 1. The summed E-state index contributed by atoms with van der Waals surface area (Å²) in [5.74, 6) is 1.80. The monoisotopic (exact) mass is 303 g/mol. The highest BCUT2D eigenvalue weighted by Gasteiger charge is 2.18. The van der Waals surface area contributed by atoms with Gasteiger partial charge in [0.15, 0.2) is 5.96 Å². The summed E-state index contributed by atoms with van der Waals surface area (Å²) < 4.78 is 6.17. The number of nitrogens with one attached hydrogen (secondary N) is 2. The van der Waals surface area contributed by atoms with Crippen molar-refractivity contribution in [3.05, 3.63) is 29.8 Å². The molecule has 0 amide bonds. The molecule has 2 N–H and O–H groups in total. The molecule has 1 aliphatic carbocycles. The number of para-hydroxylation sites is 1. The van der Waals surface area contributed by atoms with Gasteiger partial charge in [0.25, 0.3) is 0 Å².